The van der Waals surface area contributed by atoms with Crippen LogP contribution < -0.4 is 5.32 Å². The Bertz CT molecular complexity index is 207. The topological polar surface area (TPSA) is 24.5 Å². The molecule has 4 heteroatoms. The van der Waals surface area contributed by atoms with Gasteiger partial charge in [0.2, 0.25) is 0 Å². The molecule has 2 aliphatic heterocycles. The monoisotopic (exact) mass is 248 g/mol. The Kier molecular flexibility index (Phi) is 5.51. The van der Waals surface area contributed by atoms with E-state index in [1.165, 1.54) is 32.4 Å². The Morgan fingerprint density at radius 2 is 2.25 bits per heavy atom. The van der Waals surface area contributed by atoms with Crippen molar-refractivity contribution in [2.75, 3.05) is 26.2 Å². The second-order valence-corrected chi connectivity index (χ2v) is 4.99. The van der Waals surface area contributed by atoms with Gasteiger partial charge in [0.05, 0.1) is 6.61 Å². The lowest BCUT2D eigenvalue weighted by Crippen LogP contribution is -2.48. The standard InChI is InChI=1S/C12H24N2O.ClH/c1-3-14-8-5-4-6-11(14)10-12(2)13-7-9-15-12;/h11,13H,3-10H2,1-2H3;1H. The molecule has 2 atom stereocenters. The Morgan fingerprint density at radius 3 is 2.88 bits per heavy atom. The fraction of sp³-hybridized carbons (Fsp3) is 1.00. The predicted molar refractivity (Wildman–Crippen MR) is 69.1 cm³/mol. The molecule has 0 aliphatic carbocycles. The molecule has 96 valence electrons. The van der Waals surface area contributed by atoms with Gasteiger partial charge in [-0.2, -0.15) is 0 Å². The van der Waals surface area contributed by atoms with E-state index in [0.717, 1.165) is 25.6 Å². The molecule has 2 heterocycles. The molecule has 0 radical (unpaired) electrons. The van der Waals surface area contributed by atoms with E-state index < -0.39 is 0 Å². The molecule has 16 heavy (non-hydrogen) atoms. The molecule has 2 fully saturated rings. The number of hydrogen-bond donors (Lipinski definition) is 1. The fourth-order valence-electron chi connectivity index (χ4n) is 2.93. The lowest BCUT2D eigenvalue weighted by molar-refractivity contribution is -0.0281. The van der Waals surface area contributed by atoms with Gasteiger partial charge in [-0.05, 0) is 32.9 Å². The second kappa shape index (κ2) is 6.20. The highest BCUT2D eigenvalue weighted by Gasteiger charge is 2.34. The maximum atomic E-state index is 5.80. The third kappa shape index (κ3) is 3.33. The van der Waals surface area contributed by atoms with Crippen molar-refractivity contribution in [1.29, 1.82) is 0 Å². The second-order valence-electron chi connectivity index (χ2n) is 4.99. The number of likely N-dealkylation sites (tertiary alicyclic amines) is 1. The summed E-state index contributed by atoms with van der Waals surface area (Å²) in [6.45, 7) is 8.80. The minimum atomic E-state index is -0.0601. The zero-order valence-electron chi connectivity index (χ0n) is 10.5. The lowest BCUT2D eigenvalue weighted by atomic mass is 9.95. The highest BCUT2D eigenvalue weighted by molar-refractivity contribution is 5.85. The van der Waals surface area contributed by atoms with Crippen molar-refractivity contribution in [3.63, 3.8) is 0 Å². The molecule has 2 saturated heterocycles. The van der Waals surface area contributed by atoms with E-state index in [9.17, 15) is 0 Å². The van der Waals surface area contributed by atoms with Crippen LogP contribution in [0.3, 0.4) is 0 Å². The Hall–Kier alpha value is 0.170. The van der Waals surface area contributed by atoms with Crippen LogP contribution in [-0.2, 0) is 4.74 Å². The van der Waals surface area contributed by atoms with E-state index in [-0.39, 0.29) is 18.1 Å². The van der Waals surface area contributed by atoms with Gasteiger partial charge in [0.25, 0.3) is 0 Å². The summed E-state index contributed by atoms with van der Waals surface area (Å²) in [5.41, 5.74) is -0.0601. The summed E-state index contributed by atoms with van der Waals surface area (Å²) in [7, 11) is 0. The van der Waals surface area contributed by atoms with Crippen LogP contribution in [0.1, 0.15) is 39.5 Å². The molecule has 2 aliphatic rings. The molecular formula is C12H25ClN2O. The van der Waals surface area contributed by atoms with Crippen LogP contribution in [-0.4, -0.2) is 42.9 Å². The van der Waals surface area contributed by atoms with E-state index in [4.69, 9.17) is 4.74 Å². The summed E-state index contributed by atoms with van der Waals surface area (Å²) in [6.07, 6.45) is 5.24. The summed E-state index contributed by atoms with van der Waals surface area (Å²) in [5, 5.41) is 3.48. The third-order valence-corrected chi connectivity index (χ3v) is 3.80. The van der Waals surface area contributed by atoms with Crippen LogP contribution in [0.4, 0.5) is 0 Å². The van der Waals surface area contributed by atoms with Gasteiger partial charge in [0.15, 0.2) is 0 Å². The van der Waals surface area contributed by atoms with Gasteiger partial charge >= 0.3 is 0 Å². The predicted octanol–water partition coefficient (Wildman–Crippen LogP) is 2.01. The van der Waals surface area contributed by atoms with Crippen molar-refractivity contribution >= 4 is 12.4 Å². The fourth-order valence-corrected chi connectivity index (χ4v) is 2.93. The molecule has 0 spiro atoms. The first-order chi connectivity index (χ1) is 7.23. The largest absolute Gasteiger partial charge is 0.360 e. The SMILES string of the molecule is CCN1CCCCC1CC1(C)NCCO1.Cl. The maximum absolute atomic E-state index is 5.80. The number of hydrogen-bond acceptors (Lipinski definition) is 3. The summed E-state index contributed by atoms with van der Waals surface area (Å²) in [5.74, 6) is 0. The first kappa shape index (κ1) is 14.2. The van der Waals surface area contributed by atoms with Crippen LogP contribution in [0.2, 0.25) is 0 Å². The lowest BCUT2D eigenvalue weighted by Gasteiger charge is -2.39. The maximum Gasteiger partial charge on any atom is 0.118 e. The average Bonchev–Trinajstić information content (AvgIpc) is 2.66. The molecule has 0 amide bonds. The minimum absolute atomic E-state index is 0. The summed E-state index contributed by atoms with van der Waals surface area (Å²) in [4.78, 5) is 2.61. The van der Waals surface area contributed by atoms with E-state index >= 15 is 0 Å². The average molecular weight is 249 g/mol. The van der Waals surface area contributed by atoms with E-state index in [0.29, 0.717) is 0 Å². The molecule has 0 aromatic rings. The number of nitrogens with one attached hydrogen (secondary N) is 1. The zero-order chi connectivity index (χ0) is 10.7. The Balaban J connectivity index is 0.00000128. The van der Waals surface area contributed by atoms with E-state index in [1.807, 2.05) is 0 Å². The van der Waals surface area contributed by atoms with Crippen molar-refractivity contribution < 1.29 is 4.74 Å². The molecule has 2 rings (SSSR count). The summed E-state index contributed by atoms with van der Waals surface area (Å²) < 4.78 is 5.80. The molecule has 0 saturated carbocycles. The molecule has 3 nitrogen and oxygen atoms in total. The molecule has 1 N–H and O–H groups in total. The number of nitrogens with zero attached hydrogens (tertiary/aromatic N) is 1. The smallest absolute Gasteiger partial charge is 0.118 e. The van der Waals surface area contributed by atoms with Crippen molar-refractivity contribution in [2.24, 2.45) is 0 Å². The quantitative estimate of drug-likeness (QED) is 0.827. The van der Waals surface area contributed by atoms with Gasteiger partial charge in [-0.1, -0.05) is 13.3 Å². The first-order valence-electron chi connectivity index (χ1n) is 6.36. The third-order valence-electron chi connectivity index (χ3n) is 3.80. The number of rotatable bonds is 3. The minimum Gasteiger partial charge on any atom is -0.360 e. The Labute approximate surface area is 105 Å². The highest BCUT2D eigenvalue weighted by Crippen LogP contribution is 2.26. The van der Waals surface area contributed by atoms with Crippen LogP contribution in [0.25, 0.3) is 0 Å². The first-order valence-corrected chi connectivity index (χ1v) is 6.36. The summed E-state index contributed by atoms with van der Waals surface area (Å²) in [6, 6.07) is 0.722. The normalized spacial score (nSPS) is 36.0. The van der Waals surface area contributed by atoms with Gasteiger partial charge in [-0.3, -0.25) is 5.32 Å². The van der Waals surface area contributed by atoms with Crippen LogP contribution in [0.15, 0.2) is 0 Å². The van der Waals surface area contributed by atoms with Gasteiger partial charge in [0.1, 0.15) is 5.72 Å². The Morgan fingerprint density at radius 1 is 1.44 bits per heavy atom. The summed E-state index contributed by atoms with van der Waals surface area (Å²) >= 11 is 0. The van der Waals surface area contributed by atoms with Gasteiger partial charge in [0, 0.05) is 19.0 Å². The van der Waals surface area contributed by atoms with Gasteiger partial charge in [-0.25, -0.2) is 0 Å². The van der Waals surface area contributed by atoms with E-state index in [2.05, 4.69) is 24.1 Å². The number of ether oxygens (including phenoxy) is 1. The molecule has 0 aromatic carbocycles. The molecule has 0 bridgehead atoms. The zero-order valence-corrected chi connectivity index (χ0v) is 11.3. The van der Waals surface area contributed by atoms with Crippen molar-refractivity contribution in [3.05, 3.63) is 0 Å². The van der Waals surface area contributed by atoms with Crippen LogP contribution in [0.5, 0.6) is 0 Å². The molecule has 0 aromatic heterocycles. The molecule has 2 unspecified atom stereocenters. The van der Waals surface area contributed by atoms with Gasteiger partial charge in [-0.15, -0.1) is 12.4 Å². The van der Waals surface area contributed by atoms with Crippen molar-refractivity contribution in [1.82, 2.24) is 10.2 Å². The van der Waals surface area contributed by atoms with Crippen LogP contribution in [0, 0.1) is 0 Å². The highest BCUT2D eigenvalue weighted by atomic mass is 35.5. The number of halogens is 1. The number of piperidine rings is 1. The van der Waals surface area contributed by atoms with E-state index in [1.54, 1.807) is 0 Å². The van der Waals surface area contributed by atoms with Crippen molar-refractivity contribution in [2.45, 2.75) is 51.3 Å². The molecular weight excluding hydrogens is 224 g/mol. The van der Waals surface area contributed by atoms with Gasteiger partial charge < -0.3 is 9.64 Å². The van der Waals surface area contributed by atoms with Crippen molar-refractivity contribution in [3.8, 4) is 0 Å². The van der Waals surface area contributed by atoms with Crippen LogP contribution >= 0.6 is 12.4 Å².